The molecule has 2 atom stereocenters. The molecule has 5 heteroatoms. The van der Waals surface area contributed by atoms with E-state index in [1.807, 2.05) is 0 Å². The molecule has 0 aromatic heterocycles. The lowest BCUT2D eigenvalue weighted by atomic mass is 10.9. The molecule has 2 N–H and O–H groups in total. The molecule has 0 fully saturated rings. The first kappa shape index (κ1) is 7.50. The lowest BCUT2D eigenvalue weighted by Crippen LogP contribution is -2.07. The first-order valence-corrected chi connectivity index (χ1v) is 3.96. The molecule has 0 saturated heterocycles. The zero-order chi connectivity index (χ0) is 5.86. The Morgan fingerprint density at radius 2 is 2.43 bits per heavy atom. The Morgan fingerprint density at radius 3 is 2.43 bits per heavy atom. The highest BCUT2D eigenvalue weighted by atomic mass is 79.9. The first-order valence-electron chi connectivity index (χ1n) is 1.59. The van der Waals surface area contributed by atoms with Gasteiger partial charge in [-0.3, -0.25) is 0 Å². The van der Waals surface area contributed by atoms with E-state index in [1.165, 1.54) is 0 Å². The summed E-state index contributed by atoms with van der Waals surface area (Å²) in [6, 6.07) is 0. The Hall–Kier alpha value is 0.500. The highest BCUT2D eigenvalue weighted by molar-refractivity contribution is 9.09. The Morgan fingerprint density at radius 1 is 2.00 bits per heavy atom. The third-order valence-electron chi connectivity index (χ3n) is 0.401. The summed E-state index contributed by atoms with van der Waals surface area (Å²) in [6.07, 6.45) is 0. The Kier molecular flexibility index (Phi) is 3.75. The standard InChI is InChI=1S/C2H4BrO3P/c3-1-2(4)7(5)6/h2,4H,1H2/p+1. The second-order valence-electron chi connectivity index (χ2n) is 0.955. The van der Waals surface area contributed by atoms with E-state index in [-0.39, 0.29) is 5.33 Å². The summed E-state index contributed by atoms with van der Waals surface area (Å²) in [5.74, 6) is -0.977. The first-order chi connectivity index (χ1) is 3.18. The SMILES string of the molecule is O=[P+]([O-])C([OH2+])CBr. The summed E-state index contributed by atoms with van der Waals surface area (Å²) < 4.78 is 9.75. The number of hydrogen-bond donors (Lipinski definition) is 0. The van der Waals surface area contributed by atoms with E-state index in [0.717, 1.165) is 0 Å². The molecule has 0 rings (SSSR count). The van der Waals surface area contributed by atoms with Gasteiger partial charge in [0.15, 0.2) is 0 Å². The van der Waals surface area contributed by atoms with Gasteiger partial charge in [0.1, 0.15) is 5.33 Å². The smallest absolute Gasteiger partial charge is 0.398 e. The molecule has 0 saturated carbocycles. The van der Waals surface area contributed by atoms with Crippen LogP contribution in [0.25, 0.3) is 0 Å². The summed E-state index contributed by atoms with van der Waals surface area (Å²) in [6.45, 7) is 0. The number of hydrogen-bond acceptors (Lipinski definition) is 2. The van der Waals surface area contributed by atoms with Crippen molar-refractivity contribution in [2.45, 2.75) is 5.85 Å². The van der Waals surface area contributed by atoms with Crippen molar-refractivity contribution >= 4 is 24.0 Å². The van der Waals surface area contributed by atoms with Gasteiger partial charge in [-0.1, -0.05) is 20.5 Å². The van der Waals surface area contributed by atoms with E-state index in [4.69, 9.17) is 5.11 Å². The lowest BCUT2D eigenvalue weighted by molar-refractivity contribution is -0.170. The molecule has 42 valence electrons. The van der Waals surface area contributed by atoms with Gasteiger partial charge in [-0.15, -0.1) is 0 Å². The molecule has 0 aliphatic heterocycles. The molecule has 0 bridgehead atoms. The quantitative estimate of drug-likeness (QED) is 0.334. The average Bonchev–Trinajstić information content (AvgIpc) is 1.65. The van der Waals surface area contributed by atoms with Gasteiger partial charge in [0.05, 0.1) is 0 Å². The Bertz CT molecular complexity index is 75.3. The third kappa shape index (κ3) is 3.12. The minimum atomic E-state index is -2.54. The topological polar surface area (TPSA) is 63.0 Å². The molecule has 0 amide bonds. The third-order valence-corrected chi connectivity index (χ3v) is 2.24. The maximum Gasteiger partial charge on any atom is 0.398 e. The van der Waals surface area contributed by atoms with E-state index in [1.54, 1.807) is 0 Å². The summed E-state index contributed by atoms with van der Waals surface area (Å²) in [7, 11) is -2.54. The molecular weight excluding hydrogens is 183 g/mol. The Labute approximate surface area is 50.4 Å². The number of rotatable bonds is 2. The maximum atomic E-state index is 9.75. The van der Waals surface area contributed by atoms with E-state index in [2.05, 4.69) is 15.9 Å². The summed E-state index contributed by atoms with van der Waals surface area (Å²) in [5, 5.41) is 6.83. The van der Waals surface area contributed by atoms with Gasteiger partial charge in [-0.25, -0.2) is 0 Å². The summed E-state index contributed by atoms with van der Waals surface area (Å²) >= 11 is 2.84. The van der Waals surface area contributed by atoms with Gasteiger partial charge in [-0.05, 0) is 0 Å². The largest absolute Gasteiger partial charge is 0.589 e. The van der Waals surface area contributed by atoms with E-state index >= 15 is 0 Å². The fraction of sp³-hybridized carbons (Fsp3) is 1.00. The van der Waals surface area contributed by atoms with Crippen molar-refractivity contribution in [2.24, 2.45) is 0 Å². The predicted octanol–water partition coefficient (Wildman–Crippen LogP) is -0.465. The minimum Gasteiger partial charge on any atom is -0.589 e. The van der Waals surface area contributed by atoms with Crippen molar-refractivity contribution < 1.29 is 14.6 Å². The molecule has 0 aliphatic carbocycles. The van der Waals surface area contributed by atoms with Crippen LogP contribution in [0.15, 0.2) is 0 Å². The van der Waals surface area contributed by atoms with Gasteiger partial charge in [-0.2, -0.15) is 0 Å². The molecule has 0 spiro atoms. The normalized spacial score (nSPS) is 16.1. The predicted molar refractivity (Wildman–Crippen MR) is 28.8 cm³/mol. The fourth-order valence-corrected chi connectivity index (χ4v) is 0.878. The second kappa shape index (κ2) is 3.50. The monoisotopic (exact) mass is 187 g/mol. The van der Waals surface area contributed by atoms with Crippen LogP contribution in [0, 0.1) is 0 Å². The van der Waals surface area contributed by atoms with E-state index in [9.17, 15) is 9.46 Å². The second-order valence-corrected chi connectivity index (χ2v) is 2.80. The van der Waals surface area contributed by atoms with Crippen LogP contribution in [-0.2, 0) is 4.57 Å². The van der Waals surface area contributed by atoms with Gasteiger partial charge in [0, 0.05) is 0 Å². The highest BCUT2D eigenvalue weighted by Crippen LogP contribution is 2.15. The lowest BCUT2D eigenvalue weighted by Gasteiger charge is -1.87. The van der Waals surface area contributed by atoms with Crippen molar-refractivity contribution in [3.8, 4) is 0 Å². The maximum absolute atomic E-state index is 9.75. The molecule has 0 aliphatic rings. The van der Waals surface area contributed by atoms with Gasteiger partial charge >= 0.3 is 13.9 Å². The van der Waals surface area contributed by atoms with Crippen LogP contribution in [0.3, 0.4) is 0 Å². The van der Waals surface area contributed by atoms with Crippen molar-refractivity contribution in [1.29, 1.82) is 0 Å². The Balaban J connectivity index is 3.34. The minimum absolute atomic E-state index is 0.200. The summed E-state index contributed by atoms with van der Waals surface area (Å²) in [4.78, 5) is 9.75. The van der Waals surface area contributed by atoms with Gasteiger partial charge < -0.3 is 10.00 Å². The number of alkyl halides is 1. The van der Waals surface area contributed by atoms with Crippen LogP contribution < -0.4 is 4.89 Å². The zero-order valence-electron chi connectivity index (χ0n) is 3.43. The molecule has 0 aromatic rings. The van der Waals surface area contributed by atoms with Crippen molar-refractivity contribution in [1.82, 2.24) is 0 Å². The molecule has 7 heavy (non-hydrogen) atoms. The van der Waals surface area contributed by atoms with Crippen molar-refractivity contribution in [3.05, 3.63) is 0 Å². The van der Waals surface area contributed by atoms with Crippen LogP contribution in [0.1, 0.15) is 0 Å². The highest BCUT2D eigenvalue weighted by Gasteiger charge is 2.19. The van der Waals surface area contributed by atoms with Crippen LogP contribution in [0.2, 0.25) is 0 Å². The molecule has 0 radical (unpaired) electrons. The van der Waals surface area contributed by atoms with Crippen LogP contribution in [0.4, 0.5) is 0 Å². The molecule has 0 aromatic carbocycles. The van der Waals surface area contributed by atoms with E-state index in [0.29, 0.717) is 0 Å². The van der Waals surface area contributed by atoms with Crippen LogP contribution in [-0.4, -0.2) is 16.3 Å². The van der Waals surface area contributed by atoms with Crippen LogP contribution in [0.5, 0.6) is 0 Å². The van der Waals surface area contributed by atoms with Crippen molar-refractivity contribution in [3.63, 3.8) is 0 Å². The van der Waals surface area contributed by atoms with Crippen LogP contribution >= 0.6 is 24.0 Å². The zero-order valence-corrected chi connectivity index (χ0v) is 5.91. The van der Waals surface area contributed by atoms with Gasteiger partial charge in [0.2, 0.25) is 0 Å². The molecule has 3 nitrogen and oxygen atoms in total. The number of halogens is 1. The fourth-order valence-electron chi connectivity index (χ4n) is 0.0563. The van der Waals surface area contributed by atoms with Crippen molar-refractivity contribution in [2.75, 3.05) is 5.33 Å². The molecular formula is C2H5BrO3P+. The molecule has 2 unspecified atom stereocenters. The summed E-state index contributed by atoms with van der Waals surface area (Å²) in [5.41, 5.74) is 0. The molecule has 0 heterocycles. The average molecular weight is 188 g/mol. The van der Waals surface area contributed by atoms with E-state index < -0.39 is 13.9 Å². The van der Waals surface area contributed by atoms with Gasteiger partial charge in [0.25, 0.3) is 0 Å².